The van der Waals surface area contributed by atoms with Gasteiger partial charge in [-0.15, -0.1) is 0 Å². The summed E-state index contributed by atoms with van der Waals surface area (Å²) in [5, 5.41) is 18.6. The minimum atomic E-state index is -0.304. The van der Waals surface area contributed by atoms with Gasteiger partial charge in [-0.25, -0.2) is 14.4 Å². The first-order chi connectivity index (χ1) is 12.5. The largest absolute Gasteiger partial charge is 0.492 e. The predicted octanol–water partition coefficient (Wildman–Crippen LogP) is 4.71. The normalized spacial score (nSPS) is 12.7. The molecule has 5 heteroatoms. The molecule has 26 heavy (non-hydrogen) atoms. The highest BCUT2D eigenvalue weighted by molar-refractivity contribution is 5.81. The predicted molar refractivity (Wildman–Crippen MR) is 101 cm³/mol. The van der Waals surface area contributed by atoms with Crippen LogP contribution in [0.4, 0.5) is 4.39 Å². The molecule has 0 saturated carbocycles. The van der Waals surface area contributed by atoms with Gasteiger partial charge in [0.2, 0.25) is 5.88 Å². The van der Waals surface area contributed by atoms with Crippen LogP contribution in [0.5, 0.6) is 5.88 Å². The Morgan fingerprint density at radius 2 is 2.00 bits per heavy atom. The molecule has 2 aromatic carbocycles. The van der Waals surface area contributed by atoms with E-state index in [1.807, 2.05) is 18.2 Å². The first-order valence-electron chi connectivity index (χ1n) is 8.63. The summed E-state index contributed by atoms with van der Waals surface area (Å²) in [6, 6.07) is 10.4. The van der Waals surface area contributed by atoms with Crippen LogP contribution < -0.4 is 0 Å². The fourth-order valence-corrected chi connectivity index (χ4v) is 2.79. The molecule has 0 fully saturated rings. The second-order valence-electron chi connectivity index (χ2n) is 6.35. The molecule has 0 aliphatic carbocycles. The van der Waals surface area contributed by atoms with Crippen molar-refractivity contribution in [3.8, 4) is 17.0 Å². The van der Waals surface area contributed by atoms with E-state index in [4.69, 9.17) is 0 Å². The monoisotopic (exact) mass is 352 g/mol. The van der Waals surface area contributed by atoms with Crippen LogP contribution in [-0.4, -0.2) is 26.3 Å². The van der Waals surface area contributed by atoms with Gasteiger partial charge in [-0.3, -0.25) is 0 Å². The number of allylic oxidation sites excluding steroid dienone is 1. The summed E-state index contributed by atoms with van der Waals surface area (Å²) in [7, 11) is 0. The van der Waals surface area contributed by atoms with Gasteiger partial charge in [0.05, 0.1) is 23.3 Å². The van der Waals surface area contributed by atoms with Crippen LogP contribution in [0.2, 0.25) is 0 Å². The number of benzene rings is 2. The summed E-state index contributed by atoms with van der Waals surface area (Å²) >= 11 is 0. The Balaban J connectivity index is 1.77. The van der Waals surface area contributed by atoms with E-state index in [0.29, 0.717) is 22.2 Å². The Kier molecular flexibility index (Phi) is 5.58. The molecule has 0 aliphatic rings. The molecular weight excluding hydrogens is 331 g/mol. The van der Waals surface area contributed by atoms with Crippen LogP contribution in [0.25, 0.3) is 28.2 Å². The molecule has 3 aromatic rings. The second kappa shape index (κ2) is 8.06. The van der Waals surface area contributed by atoms with Crippen molar-refractivity contribution in [3.05, 3.63) is 60.1 Å². The van der Waals surface area contributed by atoms with E-state index in [1.165, 1.54) is 12.3 Å². The van der Waals surface area contributed by atoms with E-state index in [2.05, 4.69) is 9.97 Å². The highest BCUT2D eigenvalue weighted by atomic mass is 19.1. The number of unbranched alkanes of at least 4 members (excludes halogenated alkanes) is 1. The van der Waals surface area contributed by atoms with Gasteiger partial charge in [0.25, 0.3) is 0 Å². The number of halogens is 1. The van der Waals surface area contributed by atoms with Gasteiger partial charge in [-0.1, -0.05) is 30.4 Å². The number of aromatic hydroxyl groups is 1. The lowest BCUT2D eigenvalue weighted by Crippen LogP contribution is -1.97. The molecule has 2 N–H and O–H groups in total. The number of aliphatic hydroxyl groups excluding tert-OH is 1. The molecule has 134 valence electrons. The highest BCUT2D eigenvalue weighted by Crippen LogP contribution is 2.27. The zero-order valence-electron chi connectivity index (χ0n) is 14.6. The minimum Gasteiger partial charge on any atom is -0.492 e. The molecule has 1 unspecified atom stereocenters. The molecular formula is C21H21FN2O2. The van der Waals surface area contributed by atoms with Crippen LogP contribution in [-0.2, 0) is 0 Å². The number of nitrogens with zero attached hydrogens (tertiary/aromatic N) is 2. The van der Waals surface area contributed by atoms with Crippen molar-refractivity contribution < 1.29 is 14.6 Å². The Morgan fingerprint density at radius 1 is 1.15 bits per heavy atom. The number of rotatable bonds is 6. The quantitative estimate of drug-likeness (QED) is 0.631. The number of aliphatic hydroxyl groups is 1. The molecule has 0 radical (unpaired) electrons. The third kappa shape index (κ3) is 4.43. The third-order valence-corrected chi connectivity index (χ3v) is 4.14. The summed E-state index contributed by atoms with van der Waals surface area (Å²) in [6.45, 7) is 1.78. The van der Waals surface area contributed by atoms with Gasteiger partial charge in [-0.05, 0) is 55.5 Å². The van der Waals surface area contributed by atoms with Gasteiger partial charge < -0.3 is 10.2 Å². The van der Waals surface area contributed by atoms with E-state index in [-0.39, 0.29) is 17.8 Å². The molecule has 1 atom stereocenters. The summed E-state index contributed by atoms with van der Waals surface area (Å²) in [6.07, 6.45) is 7.40. The van der Waals surface area contributed by atoms with E-state index >= 15 is 0 Å². The molecule has 3 rings (SSSR count). The van der Waals surface area contributed by atoms with Gasteiger partial charge in [0, 0.05) is 5.56 Å². The fraction of sp³-hybridized carbons (Fsp3) is 0.238. The van der Waals surface area contributed by atoms with Crippen LogP contribution >= 0.6 is 0 Å². The molecule has 0 saturated heterocycles. The molecule has 0 aliphatic heterocycles. The van der Waals surface area contributed by atoms with Crippen LogP contribution in [0, 0.1) is 5.82 Å². The summed E-state index contributed by atoms with van der Waals surface area (Å²) in [4.78, 5) is 8.10. The second-order valence-corrected chi connectivity index (χ2v) is 6.35. The first kappa shape index (κ1) is 18.0. The maximum Gasteiger partial charge on any atom is 0.230 e. The van der Waals surface area contributed by atoms with E-state index in [0.717, 1.165) is 24.8 Å². The topological polar surface area (TPSA) is 66.2 Å². The summed E-state index contributed by atoms with van der Waals surface area (Å²) in [5.41, 5.74) is 3.16. The van der Waals surface area contributed by atoms with Gasteiger partial charge in [0.1, 0.15) is 5.82 Å². The van der Waals surface area contributed by atoms with Crippen molar-refractivity contribution in [3.63, 3.8) is 0 Å². The lowest BCUT2D eigenvalue weighted by Gasteiger charge is -2.06. The Hall–Kier alpha value is -2.79. The summed E-state index contributed by atoms with van der Waals surface area (Å²) < 4.78 is 14.5. The lowest BCUT2D eigenvalue weighted by atomic mass is 10.0. The average molecular weight is 352 g/mol. The van der Waals surface area contributed by atoms with Gasteiger partial charge >= 0.3 is 0 Å². The first-order valence-corrected chi connectivity index (χ1v) is 8.63. The van der Waals surface area contributed by atoms with Gasteiger partial charge in [-0.2, -0.15) is 0 Å². The molecule has 0 spiro atoms. The van der Waals surface area contributed by atoms with Crippen molar-refractivity contribution in [1.29, 1.82) is 0 Å². The number of fused-ring (bicyclic) bond motifs is 1. The standard InChI is InChI=1S/C21H21FN2O2/c1-14(25)5-3-2-4-6-15-7-9-17(18(22)11-15)16-8-10-19-20(12-16)23-13-21(26)24-19/h4,6-14,25H,2-3,5H2,1H3,(H,24,26)/b6-4+. The van der Waals surface area contributed by atoms with Crippen molar-refractivity contribution >= 4 is 17.1 Å². The lowest BCUT2D eigenvalue weighted by molar-refractivity contribution is 0.182. The van der Waals surface area contributed by atoms with Crippen LogP contribution in [0.3, 0.4) is 0 Å². The Bertz CT molecular complexity index is 938. The highest BCUT2D eigenvalue weighted by Gasteiger charge is 2.08. The van der Waals surface area contributed by atoms with Crippen molar-refractivity contribution in [1.82, 2.24) is 9.97 Å². The fourth-order valence-electron chi connectivity index (χ4n) is 2.79. The van der Waals surface area contributed by atoms with Crippen molar-refractivity contribution in [2.45, 2.75) is 32.3 Å². The Labute approximate surface area is 151 Å². The maximum atomic E-state index is 14.5. The SMILES string of the molecule is CC(O)CCC/C=C/c1ccc(-c2ccc3nc(O)cnc3c2)c(F)c1. The van der Waals surface area contributed by atoms with E-state index < -0.39 is 0 Å². The minimum absolute atomic E-state index is 0.138. The maximum absolute atomic E-state index is 14.5. The van der Waals surface area contributed by atoms with E-state index in [1.54, 1.807) is 31.2 Å². The Morgan fingerprint density at radius 3 is 2.77 bits per heavy atom. The molecule has 4 nitrogen and oxygen atoms in total. The third-order valence-electron chi connectivity index (χ3n) is 4.14. The van der Waals surface area contributed by atoms with E-state index in [9.17, 15) is 14.6 Å². The summed E-state index contributed by atoms with van der Waals surface area (Å²) in [5.74, 6) is -0.441. The van der Waals surface area contributed by atoms with Crippen molar-refractivity contribution in [2.75, 3.05) is 0 Å². The molecule has 0 amide bonds. The molecule has 0 bridgehead atoms. The zero-order chi connectivity index (χ0) is 18.5. The van der Waals surface area contributed by atoms with Gasteiger partial charge in [0.15, 0.2) is 0 Å². The number of hydrogen-bond acceptors (Lipinski definition) is 4. The van der Waals surface area contributed by atoms with Crippen LogP contribution in [0.1, 0.15) is 31.7 Å². The van der Waals surface area contributed by atoms with Crippen LogP contribution in [0.15, 0.2) is 48.7 Å². The number of hydrogen-bond donors (Lipinski definition) is 2. The van der Waals surface area contributed by atoms with Crippen molar-refractivity contribution in [2.24, 2.45) is 0 Å². The molecule has 1 heterocycles. The average Bonchev–Trinajstić information content (AvgIpc) is 2.61. The zero-order valence-corrected chi connectivity index (χ0v) is 14.6. The smallest absolute Gasteiger partial charge is 0.230 e. The number of aromatic nitrogens is 2. The molecule has 1 aromatic heterocycles.